The van der Waals surface area contributed by atoms with Gasteiger partial charge in [-0.1, -0.05) is 35.9 Å². The van der Waals surface area contributed by atoms with Gasteiger partial charge in [-0.2, -0.15) is 0 Å². The zero-order chi connectivity index (χ0) is 21.7. The molecule has 156 valence electrons. The van der Waals surface area contributed by atoms with E-state index in [0.29, 0.717) is 22.1 Å². The second-order valence-electron chi connectivity index (χ2n) is 6.65. The fraction of sp³-hybridized carbons (Fsp3) is 0.136. The Balaban J connectivity index is 1.65. The molecule has 0 spiro atoms. The third-order valence-corrected chi connectivity index (χ3v) is 5.92. The predicted octanol–water partition coefficient (Wildman–Crippen LogP) is 4.86. The highest BCUT2D eigenvalue weighted by molar-refractivity contribution is 7.92. The number of nitrogens with one attached hydrogen (secondary N) is 2. The van der Waals surface area contributed by atoms with Crippen molar-refractivity contribution in [3.8, 4) is 5.75 Å². The molecule has 30 heavy (non-hydrogen) atoms. The number of aryl methyl sites for hydroxylation is 1. The summed E-state index contributed by atoms with van der Waals surface area (Å²) in [7, 11) is -3.74. The number of sulfonamides is 1. The lowest BCUT2D eigenvalue weighted by Gasteiger charge is -2.15. The van der Waals surface area contributed by atoms with E-state index in [1.807, 2.05) is 19.1 Å². The van der Waals surface area contributed by atoms with Gasteiger partial charge in [-0.25, -0.2) is 8.42 Å². The van der Waals surface area contributed by atoms with Crippen LogP contribution < -0.4 is 14.8 Å². The van der Waals surface area contributed by atoms with E-state index in [4.69, 9.17) is 16.3 Å². The highest BCUT2D eigenvalue weighted by Crippen LogP contribution is 2.21. The molecule has 3 aromatic carbocycles. The lowest BCUT2D eigenvalue weighted by molar-refractivity contribution is -0.122. The molecular formula is C22H21ClN2O4S. The minimum Gasteiger partial charge on any atom is -0.481 e. The van der Waals surface area contributed by atoms with E-state index in [1.165, 1.54) is 24.3 Å². The molecule has 2 N–H and O–H groups in total. The molecule has 3 aromatic rings. The van der Waals surface area contributed by atoms with Crippen LogP contribution in [0.25, 0.3) is 0 Å². The molecule has 1 amide bonds. The van der Waals surface area contributed by atoms with E-state index < -0.39 is 16.1 Å². The molecule has 0 aliphatic rings. The van der Waals surface area contributed by atoms with E-state index in [-0.39, 0.29) is 10.8 Å². The minimum atomic E-state index is -3.74. The van der Waals surface area contributed by atoms with Crippen LogP contribution in [-0.2, 0) is 14.8 Å². The number of carbonyl (C=O) groups is 1. The summed E-state index contributed by atoms with van der Waals surface area (Å²) in [5.41, 5.74) is 1.79. The zero-order valence-corrected chi connectivity index (χ0v) is 18.0. The first kappa shape index (κ1) is 21.7. The molecule has 0 fully saturated rings. The molecule has 0 unspecified atom stereocenters. The second kappa shape index (κ2) is 9.19. The van der Waals surface area contributed by atoms with E-state index >= 15 is 0 Å². The number of ether oxygens (including phenoxy) is 1. The standard InChI is InChI=1S/C22H21ClN2O4S/c1-15-6-3-4-9-21(15)25-30(27,28)20-12-10-18(11-13-20)24-22(26)16(2)29-19-8-5-7-17(23)14-19/h3-14,16,25H,1-2H3,(H,24,26)/t16-/m0/s1. The Morgan fingerprint density at radius 1 is 1.00 bits per heavy atom. The van der Waals surface area contributed by atoms with Gasteiger partial charge in [0.25, 0.3) is 15.9 Å². The van der Waals surface area contributed by atoms with Crippen molar-refractivity contribution >= 4 is 38.9 Å². The van der Waals surface area contributed by atoms with Crippen molar-refractivity contribution in [1.29, 1.82) is 0 Å². The number of benzene rings is 3. The Bertz CT molecular complexity index is 1150. The van der Waals surface area contributed by atoms with Crippen LogP contribution in [0.3, 0.4) is 0 Å². The number of anilines is 2. The summed E-state index contributed by atoms with van der Waals surface area (Å²) in [6.07, 6.45) is -0.769. The molecular weight excluding hydrogens is 424 g/mol. The maximum absolute atomic E-state index is 12.6. The van der Waals surface area contributed by atoms with Crippen molar-refractivity contribution in [1.82, 2.24) is 0 Å². The van der Waals surface area contributed by atoms with Crippen LogP contribution in [0.5, 0.6) is 5.75 Å². The summed E-state index contributed by atoms with van der Waals surface area (Å²) in [5, 5.41) is 3.21. The second-order valence-corrected chi connectivity index (χ2v) is 8.77. The summed E-state index contributed by atoms with van der Waals surface area (Å²) >= 11 is 5.91. The Labute approximate surface area is 180 Å². The maximum Gasteiger partial charge on any atom is 0.265 e. The van der Waals surface area contributed by atoms with E-state index in [9.17, 15) is 13.2 Å². The maximum atomic E-state index is 12.6. The lowest BCUT2D eigenvalue weighted by atomic mass is 10.2. The van der Waals surface area contributed by atoms with Gasteiger partial charge in [0.2, 0.25) is 0 Å². The number of halogens is 1. The van der Waals surface area contributed by atoms with E-state index in [0.717, 1.165) is 5.56 Å². The number of para-hydroxylation sites is 1. The largest absolute Gasteiger partial charge is 0.481 e. The number of hydrogen-bond donors (Lipinski definition) is 2. The molecule has 0 aromatic heterocycles. The van der Waals surface area contributed by atoms with Crippen LogP contribution >= 0.6 is 11.6 Å². The topological polar surface area (TPSA) is 84.5 Å². The molecule has 1 atom stereocenters. The van der Waals surface area contributed by atoms with Gasteiger partial charge in [0.1, 0.15) is 5.75 Å². The number of amides is 1. The number of carbonyl (C=O) groups excluding carboxylic acids is 1. The lowest BCUT2D eigenvalue weighted by Crippen LogP contribution is -2.30. The van der Waals surface area contributed by atoms with Crippen LogP contribution in [0.4, 0.5) is 11.4 Å². The Hall–Kier alpha value is -3.03. The van der Waals surface area contributed by atoms with Crippen LogP contribution in [-0.4, -0.2) is 20.4 Å². The molecule has 8 heteroatoms. The highest BCUT2D eigenvalue weighted by Gasteiger charge is 2.17. The van der Waals surface area contributed by atoms with Gasteiger partial charge in [-0.3, -0.25) is 9.52 Å². The van der Waals surface area contributed by atoms with Crippen molar-refractivity contribution in [3.63, 3.8) is 0 Å². The molecule has 0 aliphatic heterocycles. The van der Waals surface area contributed by atoms with Crippen molar-refractivity contribution in [2.75, 3.05) is 10.0 Å². The van der Waals surface area contributed by atoms with Crippen molar-refractivity contribution < 1.29 is 17.9 Å². The fourth-order valence-corrected chi connectivity index (χ4v) is 3.96. The predicted molar refractivity (Wildman–Crippen MR) is 119 cm³/mol. The third-order valence-electron chi connectivity index (χ3n) is 4.30. The van der Waals surface area contributed by atoms with Crippen molar-refractivity contribution in [3.05, 3.63) is 83.4 Å². The molecule has 0 radical (unpaired) electrons. The quantitative estimate of drug-likeness (QED) is 0.545. The summed E-state index contributed by atoms with van der Waals surface area (Å²) in [6, 6.07) is 19.8. The van der Waals surface area contributed by atoms with E-state index in [2.05, 4.69) is 10.0 Å². The first-order chi connectivity index (χ1) is 14.2. The normalized spacial score (nSPS) is 12.1. The molecule has 3 rings (SSSR count). The van der Waals surface area contributed by atoms with Crippen LogP contribution in [0, 0.1) is 6.92 Å². The van der Waals surface area contributed by atoms with Gasteiger partial charge in [0.15, 0.2) is 6.10 Å². The van der Waals surface area contributed by atoms with Crippen LogP contribution in [0.2, 0.25) is 5.02 Å². The van der Waals surface area contributed by atoms with Crippen molar-refractivity contribution in [2.45, 2.75) is 24.8 Å². The Kier molecular flexibility index (Phi) is 6.64. The molecule has 0 heterocycles. The smallest absolute Gasteiger partial charge is 0.265 e. The first-order valence-electron chi connectivity index (χ1n) is 9.16. The van der Waals surface area contributed by atoms with E-state index in [1.54, 1.807) is 43.3 Å². The van der Waals surface area contributed by atoms with Crippen molar-refractivity contribution in [2.24, 2.45) is 0 Å². The Morgan fingerprint density at radius 2 is 1.70 bits per heavy atom. The average molecular weight is 445 g/mol. The Morgan fingerprint density at radius 3 is 2.37 bits per heavy atom. The molecule has 0 saturated heterocycles. The third kappa shape index (κ3) is 5.52. The van der Waals surface area contributed by atoms with Gasteiger partial charge in [-0.05, 0) is 67.9 Å². The van der Waals surface area contributed by atoms with Gasteiger partial charge in [-0.15, -0.1) is 0 Å². The summed E-state index contributed by atoms with van der Waals surface area (Å²) in [6.45, 7) is 3.43. The van der Waals surface area contributed by atoms with Gasteiger partial charge in [0.05, 0.1) is 10.6 Å². The van der Waals surface area contributed by atoms with Gasteiger partial charge >= 0.3 is 0 Å². The minimum absolute atomic E-state index is 0.0898. The molecule has 0 aliphatic carbocycles. The summed E-state index contributed by atoms with van der Waals surface area (Å²) in [5.74, 6) is 0.109. The first-order valence-corrected chi connectivity index (χ1v) is 11.0. The molecule has 0 saturated carbocycles. The summed E-state index contributed by atoms with van der Waals surface area (Å²) < 4.78 is 33.3. The zero-order valence-electron chi connectivity index (χ0n) is 16.4. The molecule has 0 bridgehead atoms. The highest BCUT2D eigenvalue weighted by atomic mass is 35.5. The van der Waals surface area contributed by atoms with Crippen LogP contribution in [0.1, 0.15) is 12.5 Å². The SMILES string of the molecule is Cc1ccccc1NS(=O)(=O)c1ccc(NC(=O)[C@H](C)Oc2cccc(Cl)c2)cc1. The number of hydrogen-bond acceptors (Lipinski definition) is 4. The monoisotopic (exact) mass is 444 g/mol. The molecule has 6 nitrogen and oxygen atoms in total. The van der Waals surface area contributed by atoms with Gasteiger partial charge < -0.3 is 10.1 Å². The fourth-order valence-electron chi connectivity index (χ4n) is 2.65. The van der Waals surface area contributed by atoms with Gasteiger partial charge in [0, 0.05) is 10.7 Å². The average Bonchev–Trinajstić information content (AvgIpc) is 2.70. The summed E-state index contributed by atoms with van der Waals surface area (Å²) in [4.78, 5) is 12.5. The number of rotatable bonds is 7. The van der Waals surface area contributed by atoms with Crippen LogP contribution in [0.15, 0.2) is 77.7 Å².